The second-order valence-corrected chi connectivity index (χ2v) is 10.9. The van der Waals surface area contributed by atoms with Gasteiger partial charge in [0.15, 0.2) is 0 Å². The highest BCUT2D eigenvalue weighted by Crippen LogP contribution is 2.34. The van der Waals surface area contributed by atoms with Crippen LogP contribution in [0.5, 0.6) is 0 Å². The smallest absolute Gasteiger partial charge is 0.416 e. The minimum atomic E-state index is -4.47. The number of alkyl halides is 3. The Morgan fingerprint density at radius 1 is 1.18 bits per heavy atom. The highest BCUT2D eigenvalue weighted by molar-refractivity contribution is 5.90. The third kappa shape index (κ3) is 7.04. The molecule has 0 bridgehead atoms. The number of aliphatic hydroxyl groups is 1. The van der Waals surface area contributed by atoms with Crippen molar-refractivity contribution in [1.29, 1.82) is 0 Å². The number of aromatic nitrogens is 1. The number of ether oxygens (including phenoxy) is 1. The molecule has 2 aromatic rings. The Balaban J connectivity index is 1.54. The van der Waals surface area contributed by atoms with Gasteiger partial charge in [0.25, 0.3) is 0 Å². The molecule has 1 saturated heterocycles. The number of hydrogen-bond acceptors (Lipinski definition) is 5. The predicted molar refractivity (Wildman–Crippen MR) is 141 cm³/mol. The average molecular weight is 563 g/mol. The summed E-state index contributed by atoms with van der Waals surface area (Å²) >= 11 is 0. The summed E-state index contributed by atoms with van der Waals surface area (Å²) in [5, 5.41) is 14.9. The van der Waals surface area contributed by atoms with Crippen LogP contribution in [0, 0.1) is 0 Å². The summed E-state index contributed by atoms with van der Waals surface area (Å²) in [4.78, 5) is 41.7. The third-order valence-corrected chi connectivity index (χ3v) is 6.70. The number of amides is 3. The summed E-state index contributed by atoms with van der Waals surface area (Å²) in [7, 11) is 0. The van der Waals surface area contributed by atoms with Crippen LogP contribution in [0.4, 0.5) is 18.0 Å². The van der Waals surface area contributed by atoms with Crippen molar-refractivity contribution >= 4 is 23.5 Å². The molecule has 0 aliphatic carbocycles. The molecule has 9 nitrogen and oxygen atoms in total. The zero-order chi connectivity index (χ0) is 29.2. The molecule has 2 aliphatic heterocycles. The van der Waals surface area contributed by atoms with Gasteiger partial charge in [-0.1, -0.05) is 18.2 Å². The van der Waals surface area contributed by atoms with Crippen LogP contribution < -0.4 is 10.6 Å². The Morgan fingerprint density at radius 3 is 2.42 bits per heavy atom. The largest absolute Gasteiger partial charge is 0.444 e. The molecular weight excluding hydrogens is 529 g/mol. The number of carbonyl (C=O) groups is 3. The topological polar surface area (TPSA) is 124 Å². The van der Waals surface area contributed by atoms with Crippen LogP contribution in [-0.2, 0) is 26.9 Å². The predicted octanol–water partition coefficient (Wildman–Crippen LogP) is 3.63. The van der Waals surface area contributed by atoms with E-state index >= 15 is 0 Å². The molecule has 0 saturated carbocycles. The van der Waals surface area contributed by atoms with Crippen molar-refractivity contribution < 1.29 is 37.4 Å². The second-order valence-electron chi connectivity index (χ2n) is 10.9. The number of nitrogens with zero attached hydrogens (tertiary/aromatic N) is 1. The van der Waals surface area contributed by atoms with Gasteiger partial charge in [0.05, 0.1) is 5.56 Å². The molecule has 4 N–H and O–H groups in total. The average Bonchev–Trinajstić information content (AvgIpc) is 3.45. The minimum absolute atomic E-state index is 0.00705. The number of aliphatic hydroxyl groups excluding tert-OH is 1. The standard InChI is InChI=1S/C28H33F3N4O5/c1-27(2,3)40-26(39)35-12-10-16(11-13-35)20-14-18(6-9-22(37)34-24-21(36)15-32-25(24)38)23(33-20)17-4-7-19(8-5-17)28(29,30)31/h4-5,7-8,10,14,21,24,33,36H,6,9,11-13,15H2,1-3H3,(H,32,38)(H,34,37)/t21-,24+/m1/s1. The number of carbonyl (C=O) groups excluding carboxylic acids is 3. The number of halogens is 3. The van der Waals surface area contributed by atoms with Crippen molar-refractivity contribution in [2.24, 2.45) is 0 Å². The van der Waals surface area contributed by atoms with Gasteiger partial charge in [-0.25, -0.2) is 4.79 Å². The fraction of sp³-hybridized carbons (Fsp3) is 0.464. The third-order valence-electron chi connectivity index (χ3n) is 6.70. The fourth-order valence-corrected chi connectivity index (χ4v) is 4.62. The molecule has 1 aromatic heterocycles. The van der Waals surface area contributed by atoms with Gasteiger partial charge in [0.1, 0.15) is 17.7 Å². The number of β-amino-alcohol motifs (C(OH)–C–C–N with tert-alkyl or cyclic N) is 1. The summed E-state index contributed by atoms with van der Waals surface area (Å²) in [5.74, 6) is -0.896. The van der Waals surface area contributed by atoms with Gasteiger partial charge in [-0.3, -0.25) is 9.59 Å². The molecule has 2 atom stereocenters. The SMILES string of the molecule is CC(C)(C)OC(=O)N1CC=C(c2cc(CCC(=O)N[C@@H]3C(=O)NC[C@H]3O)c(-c3ccc(C(F)(F)F)cc3)[nH]2)CC1. The van der Waals surface area contributed by atoms with E-state index in [2.05, 4.69) is 15.6 Å². The van der Waals surface area contributed by atoms with E-state index in [1.165, 1.54) is 12.1 Å². The first-order valence-electron chi connectivity index (χ1n) is 13.0. The van der Waals surface area contributed by atoms with Crippen LogP contribution in [0.25, 0.3) is 16.8 Å². The molecule has 2 aliphatic rings. The van der Waals surface area contributed by atoms with Crippen LogP contribution in [0.2, 0.25) is 0 Å². The molecule has 4 rings (SSSR count). The quantitative estimate of drug-likeness (QED) is 0.428. The minimum Gasteiger partial charge on any atom is -0.444 e. The summed E-state index contributed by atoms with van der Waals surface area (Å²) in [5.41, 5.74) is 2.08. The number of benzene rings is 1. The first-order chi connectivity index (χ1) is 18.7. The Kier molecular flexibility index (Phi) is 8.29. The lowest BCUT2D eigenvalue weighted by Crippen LogP contribution is -2.45. The molecule has 12 heteroatoms. The van der Waals surface area contributed by atoms with Gasteiger partial charge in [0, 0.05) is 37.4 Å². The lowest BCUT2D eigenvalue weighted by atomic mass is 10.0. The molecule has 3 heterocycles. The van der Waals surface area contributed by atoms with Crippen LogP contribution in [0.3, 0.4) is 0 Å². The normalized spacial score (nSPS) is 19.7. The zero-order valence-electron chi connectivity index (χ0n) is 22.5. The Hall–Kier alpha value is -3.80. The zero-order valence-corrected chi connectivity index (χ0v) is 22.5. The molecular formula is C28H33F3N4O5. The molecule has 1 aromatic carbocycles. The molecule has 0 unspecified atom stereocenters. The van der Waals surface area contributed by atoms with E-state index in [0.717, 1.165) is 23.4 Å². The number of aromatic amines is 1. The fourth-order valence-electron chi connectivity index (χ4n) is 4.62. The van der Waals surface area contributed by atoms with Crippen molar-refractivity contribution in [3.63, 3.8) is 0 Å². The van der Waals surface area contributed by atoms with E-state index in [4.69, 9.17) is 4.74 Å². The maximum absolute atomic E-state index is 13.1. The summed E-state index contributed by atoms with van der Waals surface area (Å²) in [6.07, 6.45) is -3.24. The van der Waals surface area contributed by atoms with Gasteiger partial charge >= 0.3 is 12.3 Å². The molecule has 0 spiro atoms. The molecule has 3 amide bonds. The van der Waals surface area contributed by atoms with E-state index in [1.54, 1.807) is 25.7 Å². The summed E-state index contributed by atoms with van der Waals surface area (Å²) < 4.78 is 44.8. The van der Waals surface area contributed by atoms with Crippen molar-refractivity contribution in [2.45, 2.75) is 64.0 Å². The van der Waals surface area contributed by atoms with Crippen molar-refractivity contribution in [2.75, 3.05) is 19.6 Å². The molecule has 1 fully saturated rings. The van der Waals surface area contributed by atoms with E-state index in [-0.39, 0.29) is 19.4 Å². The number of nitrogens with one attached hydrogen (secondary N) is 3. The van der Waals surface area contributed by atoms with Crippen molar-refractivity contribution in [1.82, 2.24) is 20.5 Å². The van der Waals surface area contributed by atoms with Gasteiger partial charge < -0.3 is 30.4 Å². The highest BCUT2D eigenvalue weighted by atomic mass is 19.4. The van der Waals surface area contributed by atoms with E-state index < -0.39 is 47.4 Å². The van der Waals surface area contributed by atoms with E-state index in [9.17, 15) is 32.7 Å². The summed E-state index contributed by atoms with van der Waals surface area (Å²) in [6.45, 7) is 6.21. The number of hydrogen-bond donors (Lipinski definition) is 4. The van der Waals surface area contributed by atoms with Crippen LogP contribution in [0.1, 0.15) is 50.4 Å². The van der Waals surface area contributed by atoms with Gasteiger partial charge in [0.2, 0.25) is 11.8 Å². The first-order valence-corrected chi connectivity index (χ1v) is 13.0. The lowest BCUT2D eigenvalue weighted by molar-refractivity contribution is -0.137. The molecule has 216 valence electrons. The number of aryl methyl sites for hydroxylation is 1. The Bertz CT molecular complexity index is 1290. The Labute approximate surface area is 229 Å². The second kappa shape index (κ2) is 11.4. The monoisotopic (exact) mass is 562 g/mol. The number of H-pyrrole nitrogens is 1. The van der Waals surface area contributed by atoms with Crippen LogP contribution in [-0.4, -0.2) is 70.3 Å². The van der Waals surface area contributed by atoms with Crippen molar-refractivity contribution in [3.05, 3.63) is 53.2 Å². The molecule has 40 heavy (non-hydrogen) atoms. The van der Waals surface area contributed by atoms with E-state index in [1.807, 2.05) is 12.1 Å². The van der Waals surface area contributed by atoms with E-state index in [0.29, 0.717) is 36.3 Å². The van der Waals surface area contributed by atoms with Gasteiger partial charge in [-0.2, -0.15) is 13.2 Å². The molecule has 0 radical (unpaired) electrons. The van der Waals surface area contributed by atoms with Gasteiger partial charge in [-0.05, 0) is 68.5 Å². The van der Waals surface area contributed by atoms with Crippen LogP contribution >= 0.6 is 0 Å². The van der Waals surface area contributed by atoms with Gasteiger partial charge in [-0.15, -0.1) is 0 Å². The number of rotatable bonds is 6. The Morgan fingerprint density at radius 2 is 1.88 bits per heavy atom. The summed E-state index contributed by atoms with van der Waals surface area (Å²) in [6, 6.07) is 5.59. The highest BCUT2D eigenvalue weighted by Gasteiger charge is 2.34. The van der Waals surface area contributed by atoms with Crippen molar-refractivity contribution in [3.8, 4) is 11.3 Å². The maximum atomic E-state index is 13.1. The van der Waals surface area contributed by atoms with Crippen LogP contribution in [0.15, 0.2) is 36.4 Å². The lowest BCUT2D eigenvalue weighted by Gasteiger charge is -2.29. The maximum Gasteiger partial charge on any atom is 0.416 e. The first kappa shape index (κ1) is 29.2.